The molecule has 2 fully saturated rings. The highest BCUT2D eigenvalue weighted by atomic mass is 16.1. The number of nitrogens with two attached hydrogens (primary N) is 1. The van der Waals surface area contributed by atoms with E-state index in [0.29, 0.717) is 24.6 Å². The predicted octanol–water partition coefficient (Wildman–Crippen LogP) is 2.16. The third-order valence-corrected chi connectivity index (χ3v) is 4.50. The van der Waals surface area contributed by atoms with Gasteiger partial charge in [-0.2, -0.15) is 5.10 Å². The second-order valence-electron chi connectivity index (χ2n) is 6.74. The molecule has 5 nitrogen and oxygen atoms in total. The van der Waals surface area contributed by atoms with Crippen molar-refractivity contribution < 1.29 is 4.79 Å². The predicted molar refractivity (Wildman–Crippen MR) is 101 cm³/mol. The van der Waals surface area contributed by atoms with Crippen molar-refractivity contribution in [2.45, 2.75) is 45.1 Å². The van der Waals surface area contributed by atoms with E-state index in [4.69, 9.17) is 5.84 Å². The van der Waals surface area contributed by atoms with Gasteiger partial charge in [-0.15, -0.1) is 0 Å². The first kappa shape index (κ1) is 17.2. The van der Waals surface area contributed by atoms with Crippen molar-refractivity contribution in [2.24, 2.45) is 21.9 Å². The van der Waals surface area contributed by atoms with Crippen molar-refractivity contribution in [3.05, 3.63) is 34.9 Å². The SMILES string of the molecule is Cc1cc(C#CC2CC2)ccc1/C(C=NCC1CCCC(=O)N1)=N/N. The van der Waals surface area contributed by atoms with E-state index < -0.39 is 0 Å². The van der Waals surface area contributed by atoms with Crippen LogP contribution in [0.3, 0.4) is 0 Å². The van der Waals surface area contributed by atoms with Crippen LogP contribution in [0.15, 0.2) is 28.3 Å². The minimum atomic E-state index is 0.109. The van der Waals surface area contributed by atoms with Gasteiger partial charge >= 0.3 is 0 Å². The van der Waals surface area contributed by atoms with Crippen LogP contribution < -0.4 is 11.2 Å². The summed E-state index contributed by atoms with van der Waals surface area (Å²) in [5.74, 6) is 12.8. The molecule has 1 aliphatic carbocycles. The van der Waals surface area contributed by atoms with Crippen LogP contribution in [-0.2, 0) is 4.79 Å². The number of hydrogen-bond donors (Lipinski definition) is 2. The molecular weight excluding hydrogens is 312 g/mol. The van der Waals surface area contributed by atoms with Crippen LogP contribution >= 0.6 is 0 Å². The number of nitrogens with one attached hydrogen (secondary N) is 1. The van der Waals surface area contributed by atoms with Gasteiger partial charge < -0.3 is 11.2 Å². The van der Waals surface area contributed by atoms with E-state index in [2.05, 4.69) is 33.3 Å². The Labute approximate surface area is 148 Å². The van der Waals surface area contributed by atoms with Gasteiger partial charge in [0.15, 0.2) is 0 Å². The fraction of sp³-hybridized carbons (Fsp3) is 0.450. The Morgan fingerprint density at radius 1 is 1.40 bits per heavy atom. The fourth-order valence-electron chi connectivity index (χ4n) is 2.90. The van der Waals surface area contributed by atoms with Gasteiger partial charge in [0.1, 0.15) is 5.71 Å². The lowest BCUT2D eigenvalue weighted by atomic mass is 10.0. The normalized spacial score (nSPS) is 20.9. The molecule has 1 atom stereocenters. The van der Waals surface area contributed by atoms with Crippen molar-refractivity contribution in [2.75, 3.05) is 6.54 Å². The van der Waals surface area contributed by atoms with Crippen LogP contribution in [0.25, 0.3) is 0 Å². The van der Waals surface area contributed by atoms with E-state index in [1.807, 2.05) is 19.1 Å². The zero-order valence-corrected chi connectivity index (χ0v) is 14.6. The molecule has 1 aromatic carbocycles. The monoisotopic (exact) mass is 336 g/mol. The molecule has 1 unspecified atom stereocenters. The highest BCUT2D eigenvalue weighted by Crippen LogP contribution is 2.27. The molecule has 3 N–H and O–H groups in total. The van der Waals surface area contributed by atoms with Crippen LogP contribution in [0.2, 0.25) is 0 Å². The zero-order chi connectivity index (χ0) is 17.6. The van der Waals surface area contributed by atoms with Gasteiger partial charge in [-0.1, -0.05) is 17.9 Å². The van der Waals surface area contributed by atoms with Crippen molar-refractivity contribution in [3.8, 4) is 11.8 Å². The van der Waals surface area contributed by atoms with Crippen molar-refractivity contribution in [1.29, 1.82) is 0 Å². The lowest BCUT2D eigenvalue weighted by molar-refractivity contribution is -0.123. The zero-order valence-electron chi connectivity index (χ0n) is 14.6. The molecule has 25 heavy (non-hydrogen) atoms. The van der Waals surface area contributed by atoms with Gasteiger partial charge in [0.2, 0.25) is 5.91 Å². The average molecular weight is 336 g/mol. The van der Waals surface area contributed by atoms with Crippen molar-refractivity contribution in [3.63, 3.8) is 0 Å². The number of aryl methyl sites for hydroxylation is 1. The minimum Gasteiger partial charge on any atom is -0.352 e. The lowest BCUT2D eigenvalue weighted by Gasteiger charge is -2.21. The summed E-state index contributed by atoms with van der Waals surface area (Å²) in [4.78, 5) is 15.8. The summed E-state index contributed by atoms with van der Waals surface area (Å²) in [6, 6.07) is 6.16. The molecule has 0 bridgehead atoms. The molecular formula is C20H24N4O. The van der Waals surface area contributed by atoms with Gasteiger partial charge in [0.25, 0.3) is 0 Å². The van der Waals surface area contributed by atoms with Crippen LogP contribution in [0.4, 0.5) is 0 Å². The highest BCUT2D eigenvalue weighted by molar-refractivity contribution is 6.38. The molecule has 0 radical (unpaired) electrons. The second kappa shape index (κ2) is 7.98. The van der Waals surface area contributed by atoms with E-state index in [9.17, 15) is 4.79 Å². The average Bonchev–Trinajstić information content (AvgIpc) is 3.42. The Hall–Kier alpha value is -2.61. The van der Waals surface area contributed by atoms with Gasteiger partial charge in [-0.05, 0) is 50.3 Å². The number of piperidine rings is 1. The van der Waals surface area contributed by atoms with Crippen LogP contribution in [0, 0.1) is 24.7 Å². The number of aliphatic imine (C=N–C) groups is 1. The maximum Gasteiger partial charge on any atom is 0.220 e. The standard InChI is InChI=1S/C20H24N4O/c1-14-11-16(8-7-15-5-6-15)9-10-18(14)19(24-21)13-22-12-17-3-2-4-20(25)23-17/h9-11,13,15,17H,2-6,12,21H2,1H3,(H,23,25)/b22-13?,24-19+. The third-order valence-electron chi connectivity index (χ3n) is 4.50. The molecule has 0 aromatic heterocycles. The summed E-state index contributed by atoms with van der Waals surface area (Å²) >= 11 is 0. The number of rotatable bonds is 4. The van der Waals surface area contributed by atoms with E-state index in [1.54, 1.807) is 6.21 Å². The maximum atomic E-state index is 11.4. The lowest BCUT2D eigenvalue weighted by Crippen LogP contribution is -2.40. The summed E-state index contributed by atoms with van der Waals surface area (Å²) in [5, 5.41) is 6.83. The summed E-state index contributed by atoms with van der Waals surface area (Å²) in [5.41, 5.74) is 3.69. The van der Waals surface area contributed by atoms with Gasteiger partial charge in [0, 0.05) is 35.7 Å². The Balaban J connectivity index is 1.65. The van der Waals surface area contributed by atoms with Crippen LogP contribution in [0.1, 0.15) is 48.8 Å². The van der Waals surface area contributed by atoms with Gasteiger partial charge in [-0.25, -0.2) is 0 Å². The molecule has 3 rings (SSSR count). The molecule has 1 aliphatic heterocycles. The van der Waals surface area contributed by atoms with E-state index in [0.717, 1.165) is 29.5 Å². The van der Waals surface area contributed by atoms with E-state index in [-0.39, 0.29) is 11.9 Å². The second-order valence-corrected chi connectivity index (χ2v) is 6.74. The van der Waals surface area contributed by atoms with Crippen molar-refractivity contribution >= 4 is 17.8 Å². The maximum absolute atomic E-state index is 11.4. The smallest absolute Gasteiger partial charge is 0.220 e. The Morgan fingerprint density at radius 3 is 2.92 bits per heavy atom. The minimum absolute atomic E-state index is 0.109. The number of hydrogen-bond acceptors (Lipinski definition) is 4. The summed E-state index contributed by atoms with van der Waals surface area (Å²) in [6.07, 6.45) is 6.65. The molecule has 2 aliphatic rings. The van der Waals surface area contributed by atoms with E-state index in [1.165, 1.54) is 12.8 Å². The summed E-state index contributed by atoms with van der Waals surface area (Å²) in [6.45, 7) is 2.58. The molecule has 130 valence electrons. The first-order valence-corrected chi connectivity index (χ1v) is 8.85. The molecule has 1 heterocycles. The molecule has 1 saturated heterocycles. The Morgan fingerprint density at radius 2 is 2.24 bits per heavy atom. The number of carbonyl (C=O) groups is 1. The van der Waals surface area contributed by atoms with Gasteiger partial charge in [0.05, 0.1) is 6.54 Å². The number of hydrazone groups is 1. The molecule has 1 amide bonds. The molecule has 5 heteroatoms. The molecule has 0 spiro atoms. The molecule has 1 saturated carbocycles. The number of benzene rings is 1. The Kier molecular flexibility index (Phi) is 5.49. The van der Waals surface area contributed by atoms with Crippen LogP contribution in [-0.4, -0.2) is 30.4 Å². The third kappa shape index (κ3) is 4.93. The van der Waals surface area contributed by atoms with Crippen molar-refractivity contribution in [1.82, 2.24) is 5.32 Å². The molecule has 1 aromatic rings. The number of nitrogens with zero attached hydrogens (tertiary/aromatic N) is 2. The first-order valence-electron chi connectivity index (χ1n) is 8.85. The first-order chi connectivity index (χ1) is 12.2. The topological polar surface area (TPSA) is 79.8 Å². The Bertz CT molecular complexity index is 766. The summed E-state index contributed by atoms with van der Waals surface area (Å²) in [7, 11) is 0. The fourth-order valence-corrected chi connectivity index (χ4v) is 2.90. The van der Waals surface area contributed by atoms with Gasteiger partial charge in [-0.3, -0.25) is 9.79 Å². The summed E-state index contributed by atoms with van der Waals surface area (Å²) < 4.78 is 0. The number of carbonyl (C=O) groups excluding carboxylic acids is 1. The van der Waals surface area contributed by atoms with Crippen LogP contribution in [0.5, 0.6) is 0 Å². The largest absolute Gasteiger partial charge is 0.352 e. The number of amides is 1. The quantitative estimate of drug-likeness (QED) is 0.382. The van der Waals surface area contributed by atoms with E-state index >= 15 is 0 Å². The highest BCUT2D eigenvalue weighted by Gasteiger charge is 2.18.